The molecule has 1 rings (SSSR count). The Hall–Kier alpha value is -0.580. The average Bonchev–Trinajstić information content (AvgIpc) is 2.27. The highest BCUT2D eigenvalue weighted by molar-refractivity contribution is 14.1. The summed E-state index contributed by atoms with van der Waals surface area (Å²) in [7, 11) is 0. The number of rotatable bonds is 6. The molecule has 0 N–H and O–H groups in total. The molecule has 0 amide bonds. The van der Waals surface area contributed by atoms with Gasteiger partial charge in [-0.3, -0.25) is 4.79 Å². The van der Waals surface area contributed by atoms with Gasteiger partial charge < -0.3 is 4.74 Å². The van der Waals surface area contributed by atoms with E-state index >= 15 is 0 Å². The molecule has 0 saturated heterocycles. The molecule has 0 bridgehead atoms. The van der Waals surface area contributed by atoms with Crippen molar-refractivity contribution >= 4 is 28.6 Å². The zero-order chi connectivity index (χ0) is 11.8. The Bertz CT molecular complexity index is 336. The van der Waals surface area contributed by atoms with E-state index in [9.17, 15) is 4.79 Å². The lowest BCUT2D eigenvalue weighted by Gasteiger charge is -2.05. The molecule has 16 heavy (non-hydrogen) atoms. The second-order valence-electron chi connectivity index (χ2n) is 3.66. The number of benzene rings is 1. The van der Waals surface area contributed by atoms with Crippen molar-refractivity contribution in [3.63, 3.8) is 0 Å². The van der Waals surface area contributed by atoms with E-state index in [1.165, 1.54) is 5.56 Å². The summed E-state index contributed by atoms with van der Waals surface area (Å²) in [6, 6.07) is 7.81. The van der Waals surface area contributed by atoms with E-state index in [0.29, 0.717) is 12.2 Å². The molecule has 2 nitrogen and oxygen atoms in total. The topological polar surface area (TPSA) is 26.3 Å². The van der Waals surface area contributed by atoms with Crippen LogP contribution in [0, 0.1) is 0 Å². The van der Waals surface area contributed by atoms with Gasteiger partial charge in [-0.25, -0.2) is 0 Å². The zero-order valence-electron chi connectivity index (χ0n) is 9.54. The number of aryl methyl sites for hydroxylation is 1. The third-order valence-electron chi connectivity index (χ3n) is 2.18. The van der Waals surface area contributed by atoms with Crippen LogP contribution in [0.1, 0.15) is 31.7 Å². The van der Waals surface area contributed by atoms with E-state index < -0.39 is 0 Å². The van der Waals surface area contributed by atoms with E-state index in [4.69, 9.17) is 4.74 Å². The van der Waals surface area contributed by atoms with Gasteiger partial charge in [0.15, 0.2) is 0 Å². The first-order chi connectivity index (χ1) is 7.76. The summed E-state index contributed by atoms with van der Waals surface area (Å²) in [5, 5.41) is 0. The van der Waals surface area contributed by atoms with Crippen LogP contribution in [0.15, 0.2) is 24.3 Å². The molecule has 0 aliphatic carbocycles. The Morgan fingerprint density at radius 3 is 2.94 bits per heavy atom. The Labute approximate surface area is 111 Å². The molecule has 1 aromatic carbocycles. The van der Waals surface area contributed by atoms with Crippen LogP contribution in [0.5, 0.6) is 5.75 Å². The summed E-state index contributed by atoms with van der Waals surface area (Å²) in [5.41, 5.74) is 1.23. The number of ether oxygens (including phenoxy) is 1. The van der Waals surface area contributed by atoms with Crippen LogP contribution < -0.4 is 4.74 Å². The monoisotopic (exact) mass is 332 g/mol. The van der Waals surface area contributed by atoms with Gasteiger partial charge in [0.2, 0.25) is 0 Å². The maximum atomic E-state index is 11.3. The second-order valence-corrected chi connectivity index (χ2v) is 4.74. The van der Waals surface area contributed by atoms with Gasteiger partial charge in [0.05, 0.1) is 0 Å². The van der Waals surface area contributed by atoms with Crippen LogP contribution in [-0.2, 0) is 11.2 Å². The van der Waals surface area contributed by atoms with E-state index in [1.807, 2.05) is 25.1 Å². The fraction of sp³-hybridized carbons (Fsp3) is 0.462. The maximum absolute atomic E-state index is 11.3. The summed E-state index contributed by atoms with van der Waals surface area (Å²) in [4.78, 5) is 11.3. The summed E-state index contributed by atoms with van der Waals surface area (Å²) in [6.07, 6.45) is 3.51. The lowest BCUT2D eigenvalue weighted by atomic mass is 10.1. The summed E-state index contributed by atoms with van der Waals surface area (Å²) in [5.74, 6) is 0.526. The van der Waals surface area contributed by atoms with Gasteiger partial charge in [0.1, 0.15) is 5.75 Å². The molecule has 3 heteroatoms. The fourth-order valence-corrected chi connectivity index (χ4v) is 1.80. The number of halogens is 1. The van der Waals surface area contributed by atoms with Gasteiger partial charge in [-0.2, -0.15) is 0 Å². The first kappa shape index (κ1) is 13.5. The van der Waals surface area contributed by atoms with Gasteiger partial charge in [-0.05, 0) is 41.4 Å². The number of carbonyl (C=O) groups excluding carboxylic acids is 1. The number of hydrogen-bond acceptors (Lipinski definition) is 2. The SMILES string of the molecule is CCCC(=O)Oc1cccc(CCCI)c1. The highest BCUT2D eigenvalue weighted by atomic mass is 127. The highest BCUT2D eigenvalue weighted by Gasteiger charge is 2.03. The Morgan fingerprint density at radius 2 is 2.25 bits per heavy atom. The first-order valence-electron chi connectivity index (χ1n) is 5.62. The van der Waals surface area contributed by atoms with Crippen molar-refractivity contribution in [2.45, 2.75) is 32.6 Å². The molecular formula is C13H17IO2. The minimum absolute atomic E-state index is 0.145. The van der Waals surface area contributed by atoms with Gasteiger partial charge in [-0.1, -0.05) is 41.6 Å². The molecule has 0 aromatic heterocycles. The minimum atomic E-state index is -0.145. The molecule has 88 valence electrons. The van der Waals surface area contributed by atoms with Crippen LogP contribution in [0.25, 0.3) is 0 Å². The molecular weight excluding hydrogens is 315 g/mol. The smallest absolute Gasteiger partial charge is 0.311 e. The molecule has 1 aromatic rings. The molecule has 0 saturated carbocycles. The minimum Gasteiger partial charge on any atom is -0.427 e. The first-order valence-corrected chi connectivity index (χ1v) is 7.14. The van der Waals surface area contributed by atoms with Crippen LogP contribution in [0.4, 0.5) is 0 Å². The van der Waals surface area contributed by atoms with E-state index in [-0.39, 0.29) is 5.97 Å². The molecule has 0 fully saturated rings. The van der Waals surface area contributed by atoms with Crippen molar-refractivity contribution < 1.29 is 9.53 Å². The number of alkyl halides is 1. The maximum Gasteiger partial charge on any atom is 0.311 e. The van der Waals surface area contributed by atoms with Crippen molar-refractivity contribution in [3.05, 3.63) is 29.8 Å². The lowest BCUT2D eigenvalue weighted by molar-refractivity contribution is -0.134. The Morgan fingerprint density at radius 1 is 1.44 bits per heavy atom. The largest absolute Gasteiger partial charge is 0.427 e. The van der Waals surface area contributed by atoms with Gasteiger partial charge in [0, 0.05) is 6.42 Å². The zero-order valence-corrected chi connectivity index (χ0v) is 11.7. The van der Waals surface area contributed by atoms with Crippen molar-refractivity contribution in [3.8, 4) is 5.75 Å². The number of hydrogen-bond donors (Lipinski definition) is 0. The molecule has 0 heterocycles. The van der Waals surface area contributed by atoms with E-state index in [0.717, 1.165) is 23.7 Å². The summed E-state index contributed by atoms with van der Waals surface area (Å²) in [6.45, 7) is 1.97. The van der Waals surface area contributed by atoms with Gasteiger partial charge in [0.25, 0.3) is 0 Å². The van der Waals surface area contributed by atoms with Gasteiger partial charge in [-0.15, -0.1) is 0 Å². The molecule has 0 unspecified atom stereocenters. The van der Waals surface area contributed by atoms with Crippen LogP contribution in [0.2, 0.25) is 0 Å². The third kappa shape index (κ3) is 4.96. The molecule has 0 atom stereocenters. The van der Waals surface area contributed by atoms with Crippen LogP contribution in [-0.4, -0.2) is 10.4 Å². The quantitative estimate of drug-likeness (QED) is 0.343. The summed E-state index contributed by atoms with van der Waals surface area (Å²) >= 11 is 2.37. The third-order valence-corrected chi connectivity index (χ3v) is 2.95. The fourth-order valence-electron chi connectivity index (χ4n) is 1.42. The molecule has 0 spiro atoms. The van der Waals surface area contributed by atoms with Gasteiger partial charge >= 0.3 is 5.97 Å². The predicted molar refractivity (Wildman–Crippen MR) is 74.2 cm³/mol. The Balaban J connectivity index is 2.56. The average molecular weight is 332 g/mol. The van der Waals surface area contributed by atoms with Crippen LogP contribution in [0.3, 0.4) is 0 Å². The highest BCUT2D eigenvalue weighted by Crippen LogP contribution is 2.15. The molecule has 0 aliphatic rings. The van der Waals surface area contributed by atoms with E-state index in [2.05, 4.69) is 28.7 Å². The van der Waals surface area contributed by atoms with Crippen LogP contribution >= 0.6 is 22.6 Å². The second kappa shape index (κ2) is 7.65. The predicted octanol–water partition coefficient (Wildman–Crippen LogP) is 3.76. The van der Waals surface area contributed by atoms with Crippen molar-refractivity contribution in [1.29, 1.82) is 0 Å². The van der Waals surface area contributed by atoms with Crippen molar-refractivity contribution in [2.24, 2.45) is 0 Å². The summed E-state index contributed by atoms with van der Waals surface area (Å²) < 4.78 is 6.39. The van der Waals surface area contributed by atoms with Crippen molar-refractivity contribution in [1.82, 2.24) is 0 Å². The molecule has 0 aliphatic heterocycles. The standard InChI is InChI=1S/C13H17IO2/c1-2-5-13(15)16-12-8-3-6-11(10-12)7-4-9-14/h3,6,8,10H,2,4-5,7,9H2,1H3. The number of esters is 1. The van der Waals surface area contributed by atoms with Crippen molar-refractivity contribution in [2.75, 3.05) is 4.43 Å². The normalized spacial score (nSPS) is 10.1. The van der Waals surface area contributed by atoms with E-state index in [1.54, 1.807) is 0 Å². The lowest BCUT2D eigenvalue weighted by Crippen LogP contribution is -2.06. The Kier molecular flexibility index (Phi) is 6.45. The number of carbonyl (C=O) groups is 1. The molecule has 0 radical (unpaired) electrons.